The molecular weight excluding hydrogens is 228 g/mol. The van der Waals surface area contributed by atoms with Gasteiger partial charge in [0.15, 0.2) is 0 Å². The Morgan fingerprint density at radius 3 is 2.94 bits per heavy atom. The molecule has 3 rings (SSSR count). The average Bonchev–Trinajstić information content (AvgIpc) is 2.66. The zero-order valence-corrected chi connectivity index (χ0v) is 11.5. The van der Waals surface area contributed by atoms with Crippen LogP contribution in [0.5, 0.6) is 0 Å². The van der Waals surface area contributed by atoms with Crippen molar-refractivity contribution >= 4 is 5.78 Å². The highest BCUT2D eigenvalue weighted by molar-refractivity contribution is 5.86. The Labute approximate surface area is 109 Å². The Morgan fingerprint density at radius 2 is 2.17 bits per heavy atom. The standard InChI is InChI=1S/C15H24O3/c1-14-6-7-15(9-14)11(8-12(14)16)4-3-5-13(15)18-10-17-2/h11,13H,3-10H2,1-2H3/t11-,13+,14+,15+/m1/s1. The topological polar surface area (TPSA) is 35.5 Å². The van der Waals surface area contributed by atoms with Crippen molar-refractivity contribution in [2.45, 2.75) is 58.0 Å². The predicted octanol–water partition coefficient (Wildman–Crippen LogP) is 2.93. The van der Waals surface area contributed by atoms with Crippen LogP contribution in [-0.4, -0.2) is 25.8 Å². The molecule has 3 aliphatic rings. The predicted molar refractivity (Wildman–Crippen MR) is 68.1 cm³/mol. The lowest BCUT2D eigenvalue weighted by Gasteiger charge is -2.50. The van der Waals surface area contributed by atoms with Crippen molar-refractivity contribution in [2.75, 3.05) is 13.9 Å². The van der Waals surface area contributed by atoms with E-state index in [0.29, 0.717) is 24.6 Å². The van der Waals surface area contributed by atoms with E-state index in [2.05, 4.69) is 6.92 Å². The Bertz CT molecular complexity index is 354. The van der Waals surface area contributed by atoms with Crippen molar-refractivity contribution in [1.82, 2.24) is 0 Å². The molecule has 0 heterocycles. The number of methoxy groups -OCH3 is 1. The normalized spacial score (nSPS) is 47.1. The number of Topliss-reactive ketones (excluding diaryl/α,β-unsaturated/α-hetero) is 1. The molecule has 18 heavy (non-hydrogen) atoms. The number of hydrogen-bond acceptors (Lipinski definition) is 3. The van der Waals surface area contributed by atoms with Crippen LogP contribution in [0, 0.1) is 16.7 Å². The number of hydrogen-bond donors (Lipinski definition) is 0. The fourth-order valence-electron chi connectivity index (χ4n) is 4.84. The molecule has 0 N–H and O–H groups in total. The second-order valence-corrected chi connectivity index (χ2v) is 6.79. The van der Waals surface area contributed by atoms with Crippen LogP contribution in [0.25, 0.3) is 0 Å². The van der Waals surface area contributed by atoms with Crippen LogP contribution in [0.1, 0.15) is 51.9 Å². The number of rotatable bonds is 3. The van der Waals surface area contributed by atoms with Crippen LogP contribution in [0.15, 0.2) is 0 Å². The van der Waals surface area contributed by atoms with Gasteiger partial charge in [-0.15, -0.1) is 0 Å². The largest absolute Gasteiger partial charge is 0.359 e. The van der Waals surface area contributed by atoms with E-state index >= 15 is 0 Å². The molecular formula is C15H24O3. The van der Waals surface area contributed by atoms with E-state index < -0.39 is 0 Å². The highest BCUT2D eigenvalue weighted by Crippen LogP contribution is 2.64. The van der Waals surface area contributed by atoms with Gasteiger partial charge in [-0.3, -0.25) is 4.79 Å². The maximum absolute atomic E-state index is 12.3. The molecule has 3 nitrogen and oxygen atoms in total. The number of carbonyl (C=O) groups is 1. The van der Waals surface area contributed by atoms with Crippen LogP contribution in [0.4, 0.5) is 0 Å². The van der Waals surface area contributed by atoms with Gasteiger partial charge in [0.25, 0.3) is 0 Å². The molecule has 0 unspecified atom stereocenters. The van der Waals surface area contributed by atoms with Gasteiger partial charge in [0.05, 0.1) is 6.10 Å². The third-order valence-electron chi connectivity index (χ3n) is 5.83. The van der Waals surface area contributed by atoms with Gasteiger partial charge in [0.2, 0.25) is 0 Å². The van der Waals surface area contributed by atoms with E-state index in [-0.39, 0.29) is 10.8 Å². The highest BCUT2D eigenvalue weighted by atomic mass is 16.7. The number of fused-ring (bicyclic) bond motifs is 1. The Kier molecular flexibility index (Phi) is 3.02. The van der Waals surface area contributed by atoms with Crippen molar-refractivity contribution in [3.63, 3.8) is 0 Å². The summed E-state index contributed by atoms with van der Waals surface area (Å²) >= 11 is 0. The molecule has 1 spiro atoms. The van der Waals surface area contributed by atoms with E-state index in [1.807, 2.05) is 0 Å². The Balaban J connectivity index is 1.86. The van der Waals surface area contributed by atoms with Crippen LogP contribution in [0.2, 0.25) is 0 Å². The maximum Gasteiger partial charge on any atom is 0.146 e. The van der Waals surface area contributed by atoms with E-state index in [9.17, 15) is 4.79 Å². The number of ether oxygens (including phenoxy) is 2. The molecule has 0 aromatic heterocycles. The molecule has 3 saturated carbocycles. The average molecular weight is 252 g/mol. The molecule has 4 atom stereocenters. The fraction of sp³-hybridized carbons (Fsp3) is 0.933. The third kappa shape index (κ3) is 1.67. The molecule has 0 amide bonds. The van der Waals surface area contributed by atoms with Crippen LogP contribution < -0.4 is 0 Å². The van der Waals surface area contributed by atoms with Crippen molar-refractivity contribution in [3.8, 4) is 0 Å². The molecule has 102 valence electrons. The highest BCUT2D eigenvalue weighted by Gasteiger charge is 2.61. The van der Waals surface area contributed by atoms with Crippen LogP contribution in [0.3, 0.4) is 0 Å². The molecule has 3 aliphatic carbocycles. The van der Waals surface area contributed by atoms with Crippen LogP contribution in [-0.2, 0) is 14.3 Å². The summed E-state index contributed by atoms with van der Waals surface area (Å²) in [5.41, 5.74) is 0.224. The summed E-state index contributed by atoms with van der Waals surface area (Å²) in [5.74, 6) is 1.07. The van der Waals surface area contributed by atoms with Crippen molar-refractivity contribution in [2.24, 2.45) is 16.7 Å². The second kappa shape index (κ2) is 4.31. The minimum Gasteiger partial charge on any atom is -0.359 e. The lowest BCUT2D eigenvalue weighted by atomic mass is 9.56. The molecule has 0 saturated heterocycles. The summed E-state index contributed by atoms with van der Waals surface area (Å²) in [5, 5.41) is 0. The van der Waals surface area contributed by atoms with E-state index in [4.69, 9.17) is 9.47 Å². The molecule has 2 bridgehead atoms. The van der Waals surface area contributed by atoms with E-state index in [0.717, 1.165) is 25.7 Å². The third-order valence-corrected chi connectivity index (χ3v) is 5.83. The second-order valence-electron chi connectivity index (χ2n) is 6.79. The van der Waals surface area contributed by atoms with Gasteiger partial charge in [-0.05, 0) is 38.0 Å². The summed E-state index contributed by atoms with van der Waals surface area (Å²) < 4.78 is 11.1. The van der Waals surface area contributed by atoms with Gasteiger partial charge < -0.3 is 9.47 Å². The van der Waals surface area contributed by atoms with Gasteiger partial charge in [0, 0.05) is 24.4 Å². The molecule has 0 aromatic rings. The summed E-state index contributed by atoms with van der Waals surface area (Å²) in [6.07, 6.45) is 7.96. The molecule has 0 aromatic carbocycles. The lowest BCUT2D eigenvalue weighted by Crippen LogP contribution is -2.50. The first-order valence-corrected chi connectivity index (χ1v) is 7.25. The molecule has 0 radical (unpaired) electrons. The summed E-state index contributed by atoms with van der Waals surface area (Å²) in [7, 11) is 1.68. The van der Waals surface area contributed by atoms with Crippen molar-refractivity contribution < 1.29 is 14.3 Å². The zero-order chi connectivity index (χ0) is 12.8. The van der Waals surface area contributed by atoms with Gasteiger partial charge in [-0.25, -0.2) is 0 Å². The van der Waals surface area contributed by atoms with Crippen molar-refractivity contribution in [1.29, 1.82) is 0 Å². The minimum atomic E-state index is -0.0531. The van der Waals surface area contributed by atoms with Crippen molar-refractivity contribution in [3.05, 3.63) is 0 Å². The SMILES string of the molecule is COCO[C@H]1CCC[C@@H]2CC(=O)[C@@]3(C)CC[C@]21C3. The Morgan fingerprint density at radius 1 is 1.33 bits per heavy atom. The minimum absolute atomic E-state index is 0.0531. The lowest BCUT2D eigenvalue weighted by molar-refractivity contribution is -0.166. The van der Waals surface area contributed by atoms with Gasteiger partial charge in [-0.1, -0.05) is 13.3 Å². The first kappa shape index (κ1) is 12.6. The first-order valence-electron chi connectivity index (χ1n) is 7.25. The molecule has 3 heteroatoms. The van der Waals surface area contributed by atoms with Crippen LogP contribution >= 0.6 is 0 Å². The number of ketones is 1. The summed E-state index contributed by atoms with van der Waals surface area (Å²) in [6.45, 7) is 2.56. The fourth-order valence-corrected chi connectivity index (χ4v) is 4.84. The number of carbonyl (C=O) groups excluding carboxylic acids is 1. The molecule has 0 aliphatic heterocycles. The monoisotopic (exact) mass is 252 g/mol. The zero-order valence-electron chi connectivity index (χ0n) is 11.5. The maximum atomic E-state index is 12.3. The van der Waals surface area contributed by atoms with E-state index in [1.54, 1.807) is 7.11 Å². The first-order chi connectivity index (χ1) is 8.61. The van der Waals surface area contributed by atoms with Gasteiger partial charge in [-0.2, -0.15) is 0 Å². The quantitative estimate of drug-likeness (QED) is 0.724. The van der Waals surface area contributed by atoms with Gasteiger partial charge >= 0.3 is 0 Å². The smallest absolute Gasteiger partial charge is 0.146 e. The Hall–Kier alpha value is -0.410. The molecule has 3 fully saturated rings. The van der Waals surface area contributed by atoms with Gasteiger partial charge in [0.1, 0.15) is 12.6 Å². The summed E-state index contributed by atoms with van der Waals surface area (Å²) in [4.78, 5) is 12.3. The van der Waals surface area contributed by atoms with E-state index in [1.165, 1.54) is 19.3 Å². The summed E-state index contributed by atoms with van der Waals surface area (Å²) in [6, 6.07) is 0.